The first-order chi connectivity index (χ1) is 11.2. The van der Waals surface area contributed by atoms with Gasteiger partial charge in [0.15, 0.2) is 0 Å². The van der Waals surface area contributed by atoms with Gasteiger partial charge in [0, 0.05) is 0 Å². The normalized spacial score (nSPS) is 12.7. The van der Waals surface area contributed by atoms with Gasteiger partial charge < -0.3 is 14.6 Å². The van der Waals surface area contributed by atoms with Crippen LogP contribution in [0.25, 0.3) is 0 Å². The van der Waals surface area contributed by atoms with Crippen LogP contribution in [-0.4, -0.2) is 31.3 Å². The summed E-state index contributed by atoms with van der Waals surface area (Å²) in [5.41, 5.74) is -2.46. The van der Waals surface area contributed by atoms with E-state index < -0.39 is 47.2 Å². The number of nitrogens with zero attached hydrogens (tertiary/aromatic N) is 2. The van der Waals surface area contributed by atoms with Gasteiger partial charge in [-0.05, 0) is 12.1 Å². The highest BCUT2D eigenvalue weighted by Gasteiger charge is 2.33. The summed E-state index contributed by atoms with van der Waals surface area (Å²) in [6.07, 6.45) is -5.40. The van der Waals surface area contributed by atoms with E-state index in [-0.39, 0.29) is 0 Å². The van der Waals surface area contributed by atoms with Gasteiger partial charge in [0.05, 0.1) is 25.5 Å². The Hall–Kier alpha value is -2.91. The Balaban J connectivity index is 3.26. The minimum atomic E-state index is -4.68. The van der Waals surface area contributed by atoms with Crippen molar-refractivity contribution >= 4 is 17.6 Å². The SMILES string of the molecule is COC(=O)C/C(O)=C(\N=Nc1ccccc1C(F)(F)F)C(=O)OC. The molecule has 0 spiro atoms. The number of hydrogen-bond acceptors (Lipinski definition) is 7. The summed E-state index contributed by atoms with van der Waals surface area (Å²) in [7, 11) is 2.02. The predicted molar refractivity (Wildman–Crippen MR) is 74.3 cm³/mol. The summed E-state index contributed by atoms with van der Waals surface area (Å²) in [6, 6.07) is 4.26. The quantitative estimate of drug-likeness (QED) is 0.382. The molecule has 0 aromatic heterocycles. The smallest absolute Gasteiger partial charge is 0.418 e. The monoisotopic (exact) mass is 346 g/mol. The van der Waals surface area contributed by atoms with Gasteiger partial charge in [-0.15, -0.1) is 10.2 Å². The molecule has 7 nitrogen and oxygen atoms in total. The molecule has 1 aromatic carbocycles. The summed E-state index contributed by atoms with van der Waals surface area (Å²) in [5, 5.41) is 16.4. The number of aliphatic hydroxyl groups is 1. The summed E-state index contributed by atoms with van der Waals surface area (Å²) in [4.78, 5) is 22.7. The lowest BCUT2D eigenvalue weighted by atomic mass is 10.2. The number of azo groups is 1. The zero-order valence-corrected chi connectivity index (χ0v) is 12.6. The van der Waals surface area contributed by atoms with Crippen LogP contribution in [0.15, 0.2) is 46.0 Å². The van der Waals surface area contributed by atoms with Crippen molar-refractivity contribution in [1.29, 1.82) is 0 Å². The van der Waals surface area contributed by atoms with Gasteiger partial charge in [0.1, 0.15) is 12.2 Å². The number of benzene rings is 1. The molecule has 1 N–H and O–H groups in total. The Morgan fingerprint density at radius 1 is 1.17 bits per heavy atom. The first-order valence-electron chi connectivity index (χ1n) is 6.36. The molecule has 0 fully saturated rings. The number of rotatable bonds is 5. The van der Waals surface area contributed by atoms with E-state index in [1.165, 1.54) is 6.07 Å². The largest absolute Gasteiger partial charge is 0.509 e. The van der Waals surface area contributed by atoms with E-state index in [2.05, 4.69) is 19.7 Å². The van der Waals surface area contributed by atoms with E-state index >= 15 is 0 Å². The van der Waals surface area contributed by atoms with Crippen LogP contribution >= 0.6 is 0 Å². The maximum absolute atomic E-state index is 12.9. The Morgan fingerprint density at radius 2 is 1.79 bits per heavy atom. The highest BCUT2D eigenvalue weighted by molar-refractivity contribution is 5.89. The molecule has 1 aromatic rings. The van der Waals surface area contributed by atoms with E-state index in [0.29, 0.717) is 0 Å². The van der Waals surface area contributed by atoms with Crippen LogP contribution in [-0.2, 0) is 25.2 Å². The van der Waals surface area contributed by atoms with Crippen molar-refractivity contribution in [3.8, 4) is 0 Å². The molecule has 0 radical (unpaired) electrons. The molecule has 0 unspecified atom stereocenters. The van der Waals surface area contributed by atoms with Crippen molar-refractivity contribution in [3.63, 3.8) is 0 Å². The van der Waals surface area contributed by atoms with Crippen LogP contribution in [0.1, 0.15) is 12.0 Å². The Morgan fingerprint density at radius 3 is 2.33 bits per heavy atom. The second-order valence-corrected chi connectivity index (χ2v) is 4.25. The molecular weight excluding hydrogens is 333 g/mol. The van der Waals surface area contributed by atoms with E-state index in [4.69, 9.17) is 0 Å². The average molecular weight is 346 g/mol. The number of ether oxygens (including phenoxy) is 2. The van der Waals surface area contributed by atoms with E-state index in [1.807, 2.05) is 0 Å². The molecule has 130 valence electrons. The number of carbonyl (C=O) groups excluding carboxylic acids is 2. The standard InChI is InChI=1S/C14H13F3N2O5/c1-23-11(21)7-10(20)12(13(22)24-2)19-18-9-6-4-3-5-8(9)14(15,16)17/h3-6,20H,7H2,1-2H3/b12-10+,19-18?. The minimum Gasteiger partial charge on any atom is -0.509 e. The summed E-state index contributed by atoms with van der Waals surface area (Å²) < 4.78 is 47.2. The number of methoxy groups -OCH3 is 2. The van der Waals surface area contributed by atoms with Crippen molar-refractivity contribution in [2.45, 2.75) is 12.6 Å². The van der Waals surface area contributed by atoms with Gasteiger partial charge in [-0.25, -0.2) is 4.79 Å². The van der Waals surface area contributed by atoms with Gasteiger partial charge in [0.25, 0.3) is 0 Å². The van der Waals surface area contributed by atoms with Crippen LogP contribution in [0.5, 0.6) is 0 Å². The number of hydrogen-bond donors (Lipinski definition) is 1. The number of halogens is 3. The van der Waals surface area contributed by atoms with Crippen molar-refractivity contribution in [1.82, 2.24) is 0 Å². The predicted octanol–water partition coefficient (Wildman–Crippen LogP) is 3.29. The molecule has 0 bridgehead atoms. The maximum Gasteiger partial charge on any atom is 0.418 e. The number of esters is 2. The van der Waals surface area contributed by atoms with Gasteiger partial charge >= 0.3 is 18.1 Å². The zero-order chi connectivity index (χ0) is 18.3. The third-order valence-corrected chi connectivity index (χ3v) is 2.66. The molecule has 0 aliphatic carbocycles. The minimum absolute atomic E-state index is 0.572. The topological polar surface area (TPSA) is 97.5 Å². The molecule has 0 amide bonds. The Labute approximate surface area is 134 Å². The van der Waals surface area contributed by atoms with Crippen molar-refractivity contribution in [2.24, 2.45) is 10.2 Å². The highest BCUT2D eigenvalue weighted by atomic mass is 19.4. The molecular formula is C14H13F3N2O5. The van der Waals surface area contributed by atoms with Crippen molar-refractivity contribution in [3.05, 3.63) is 41.3 Å². The second kappa shape index (κ2) is 8.09. The van der Waals surface area contributed by atoms with E-state index in [0.717, 1.165) is 32.4 Å². The van der Waals surface area contributed by atoms with Gasteiger partial charge in [-0.2, -0.15) is 13.2 Å². The molecule has 1 rings (SSSR count). The fourth-order valence-electron chi connectivity index (χ4n) is 1.51. The molecule has 0 saturated heterocycles. The number of alkyl halides is 3. The van der Waals surface area contributed by atoms with Crippen LogP contribution in [0.2, 0.25) is 0 Å². The fourth-order valence-corrected chi connectivity index (χ4v) is 1.51. The third-order valence-electron chi connectivity index (χ3n) is 2.66. The second-order valence-electron chi connectivity index (χ2n) is 4.25. The van der Waals surface area contributed by atoms with Crippen molar-refractivity contribution in [2.75, 3.05) is 14.2 Å². The molecule has 10 heteroatoms. The van der Waals surface area contributed by atoms with E-state index in [9.17, 15) is 27.9 Å². The molecule has 24 heavy (non-hydrogen) atoms. The van der Waals surface area contributed by atoms with Crippen LogP contribution < -0.4 is 0 Å². The Bertz CT molecular complexity index is 683. The van der Waals surface area contributed by atoms with Crippen molar-refractivity contribution < 1.29 is 37.3 Å². The highest BCUT2D eigenvalue weighted by Crippen LogP contribution is 2.36. The van der Waals surface area contributed by atoms with Crippen LogP contribution in [0, 0.1) is 0 Å². The number of carbonyl (C=O) groups is 2. The van der Waals surface area contributed by atoms with Crippen LogP contribution in [0.3, 0.4) is 0 Å². The summed E-state index contributed by atoms with van der Waals surface area (Å²) in [6.45, 7) is 0. The third kappa shape index (κ3) is 5.07. The average Bonchev–Trinajstić information content (AvgIpc) is 2.53. The summed E-state index contributed by atoms with van der Waals surface area (Å²) >= 11 is 0. The van der Waals surface area contributed by atoms with E-state index in [1.54, 1.807) is 0 Å². The van der Waals surface area contributed by atoms with Crippen LogP contribution in [0.4, 0.5) is 18.9 Å². The lowest BCUT2D eigenvalue weighted by Crippen LogP contribution is -2.10. The van der Waals surface area contributed by atoms with Gasteiger partial charge in [-0.1, -0.05) is 12.1 Å². The first-order valence-corrected chi connectivity index (χ1v) is 6.36. The molecule has 0 aliphatic heterocycles. The Kier molecular flexibility index (Phi) is 6.45. The summed E-state index contributed by atoms with van der Waals surface area (Å²) in [5.74, 6) is -2.91. The molecule has 0 aliphatic rings. The van der Waals surface area contributed by atoms with Gasteiger partial charge in [0.2, 0.25) is 5.70 Å². The lowest BCUT2D eigenvalue weighted by molar-refractivity contribution is -0.140. The molecule has 0 heterocycles. The molecule has 0 saturated carbocycles. The number of aliphatic hydroxyl groups excluding tert-OH is 1. The maximum atomic E-state index is 12.9. The molecule has 0 atom stereocenters. The fraction of sp³-hybridized carbons (Fsp3) is 0.286. The first kappa shape index (κ1) is 19.1. The zero-order valence-electron chi connectivity index (χ0n) is 12.6. The lowest BCUT2D eigenvalue weighted by Gasteiger charge is -2.08. The van der Waals surface area contributed by atoms with Gasteiger partial charge in [-0.3, -0.25) is 4.79 Å².